The number of nitrogens with one attached hydrogen (secondary N) is 1. The molecule has 2 aromatic carbocycles. The molecule has 4 nitrogen and oxygen atoms in total. The van der Waals surface area contributed by atoms with Crippen molar-refractivity contribution in [2.24, 2.45) is 0 Å². The Labute approximate surface area is 139 Å². The number of amides is 1. The van der Waals surface area contributed by atoms with Gasteiger partial charge in [-0.2, -0.15) is 0 Å². The van der Waals surface area contributed by atoms with Gasteiger partial charge in [0.05, 0.1) is 18.2 Å². The van der Waals surface area contributed by atoms with Crippen molar-refractivity contribution in [2.75, 3.05) is 0 Å². The number of benzene rings is 2. The van der Waals surface area contributed by atoms with Gasteiger partial charge in [-0.05, 0) is 36.8 Å². The zero-order valence-corrected chi connectivity index (χ0v) is 13.2. The third kappa shape index (κ3) is 3.87. The summed E-state index contributed by atoms with van der Waals surface area (Å²) in [5.41, 5.74) is 2.29. The van der Waals surface area contributed by atoms with Crippen molar-refractivity contribution in [3.63, 3.8) is 0 Å². The predicted octanol–water partition coefficient (Wildman–Crippen LogP) is 3.90. The summed E-state index contributed by atoms with van der Waals surface area (Å²) in [5.74, 6) is 0.0620. The van der Waals surface area contributed by atoms with Crippen molar-refractivity contribution in [3.05, 3.63) is 77.7 Å². The molecule has 122 valence electrons. The van der Waals surface area contributed by atoms with Crippen LogP contribution in [0.15, 0.2) is 65.2 Å². The molecule has 3 rings (SSSR count). The highest BCUT2D eigenvalue weighted by molar-refractivity contribution is 5.78. The Hall–Kier alpha value is -2.95. The first-order valence-electron chi connectivity index (χ1n) is 7.67. The molecule has 1 atom stereocenters. The molecule has 1 heterocycles. The van der Waals surface area contributed by atoms with Crippen LogP contribution in [0.5, 0.6) is 0 Å². The first-order chi connectivity index (χ1) is 11.6. The Morgan fingerprint density at radius 3 is 2.58 bits per heavy atom. The largest absolute Gasteiger partial charge is 0.356 e. The van der Waals surface area contributed by atoms with Crippen LogP contribution in [0, 0.1) is 5.82 Å². The molecule has 3 aromatic rings. The van der Waals surface area contributed by atoms with E-state index in [4.69, 9.17) is 4.52 Å². The molecule has 0 aliphatic carbocycles. The third-order valence-electron chi connectivity index (χ3n) is 3.71. The van der Waals surface area contributed by atoms with E-state index in [1.807, 2.05) is 37.3 Å². The molecule has 1 aromatic heterocycles. The van der Waals surface area contributed by atoms with E-state index in [1.54, 1.807) is 18.2 Å². The van der Waals surface area contributed by atoms with Crippen LogP contribution in [0.4, 0.5) is 4.39 Å². The molecule has 0 aliphatic heterocycles. The van der Waals surface area contributed by atoms with Crippen LogP contribution in [0.25, 0.3) is 11.3 Å². The first kappa shape index (κ1) is 15.9. The van der Waals surface area contributed by atoms with Gasteiger partial charge in [-0.3, -0.25) is 4.79 Å². The fourth-order valence-electron chi connectivity index (χ4n) is 2.43. The number of rotatable bonds is 5. The van der Waals surface area contributed by atoms with E-state index < -0.39 is 0 Å². The Kier molecular flexibility index (Phi) is 4.70. The van der Waals surface area contributed by atoms with E-state index in [1.165, 1.54) is 12.1 Å². The zero-order chi connectivity index (χ0) is 16.9. The molecular weight excluding hydrogens is 307 g/mol. The normalized spacial score (nSPS) is 11.9. The Balaban J connectivity index is 1.62. The van der Waals surface area contributed by atoms with Crippen molar-refractivity contribution in [1.29, 1.82) is 0 Å². The maximum absolute atomic E-state index is 12.9. The fourth-order valence-corrected chi connectivity index (χ4v) is 2.43. The van der Waals surface area contributed by atoms with Crippen LogP contribution in [0.1, 0.15) is 24.2 Å². The van der Waals surface area contributed by atoms with Crippen LogP contribution in [0.2, 0.25) is 0 Å². The maximum atomic E-state index is 12.9. The van der Waals surface area contributed by atoms with E-state index in [0.29, 0.717) is 17.0 Å². The van der Waals surface area contributed by atoms with Gasteiger partial charge in [0.2, 0.25) is 5.91 Å². The lowest BCUT2D eigenvalue weighted by Gasteiger charge is -2.13. The molecule has 0 unspecified atom stereocenters. The number of carbonyl (C=O) groups is 1. The number of nitrogens with zero attached hydrogens (tertiary/aromatic N) is 1. The van der Waals surface area contributed by atoms with Crippen LogP contribution >= 0.6 is 0 Å². The smallest absolute Gasteiger partial charge is 0.226 e. The minimum Gasteiger partial charge on any atom is -0.356 e. The van der Waals surface area contributed by atoms with E-state index >= 15 is 0 Å². The minimum absolute atomic E-state index is 0.0813. The number of halogens is 1. The summed E-state index contributed by atoms with van der Waals surface area (Å²) in [7, 11) is 0. The summed E-state index contributed by atoms with van der Waals surface area (Å²) in [5, 5.41) is 6.84. The molecule has 0 saturated heterocycles. The summed E-state index contributed by atoms with van der Waals surface area (Å²) in [6, 6.07) is 17.3. The molecule has 0 aliphatic rings. The molecule has 1 amide bonds. The average Bonchev–Trinajstić information content (AvgIpc) is 3.04. The molecule has 0 spiro atoms. The van der Waals surface area contributed by atoms with Crippen molar-refractivity contribution < 1.29 is 13.7 Å². The molecule has 0 fully saturated rings. The lowest BCUT2D eigenvalue weighted by molar-refractivity contribution is -0.121. The summed E-state index contributed by atoms with van der Waals surface area (Å²) in [4.78, 5) is 12.1. The van der Waals surface area contributed by atoms with Crippen molar-refractivity contribution in [3.8, 4) is 11.3 Å². The second-order valence-electron chi connectivity index (χ2n) is 5.57. The number of hydrogen-bond donors (Lipinski definition) is 1. The van der Waals surface area contributed by atoms with E-state index in [2.05, 4.69) is 10.5 Å². The Morgan fingerprint density at radius 1 is 1.17 bits per heavy atom. The molecule has 24 heavy (non-hydrogen) atoms. The van der Waals surface area contributed by atoms with Gasteiger partial charge < -0.3 is 9.84 Å². The fraction of sp³-hybridized carbons (Fsp3) is 0.158. The van der Waals surface area contributed by atoms with Gasteiger partial charge in [0.25, 0.3) is 0 Å². The van der Waals surface area contributed by atoms with Gasteiger partial charge in [0, 0.05) is 11.6 Å². The van der Waals surface area contributed by atoms with Crippen LogP contribution in [0.3, 0.4) is 0 Å². The summed E-state index contributed by atoms with van der Waals surface area (Å²) < 4.78 is 18.2. The summed E-state index contributed by atoms with van der Waals surface area (Å²) in [6.45, 7) is 1.93. The number of aromatic nitrogens is 1. The van der Waals surface area contributed by atoms with Crippen LogP contribution in [-0.2, 0) is 11.2 Å². The lowest BCUT2D eigenvalue weighted by Crippen LogP contribution is -2.28. The summed E-state index contributed by atoms with van der Waals surface area (Å²) >= 11 is 0. The van der Waals surface area contributed by atoms with Crippen molar-refractivity contribution >= 4 is 5.91 Å². The van der Waals surface area contributed by atoms with Gasteiger partial charge in [0.15, 0.2) is 5.76 Å². The van der Waals surface area contributed by atoms with Gasteiger partial charge in [0.1, 0.15) is 5.82 Å². The highest BCUT2D eigenvalue weighted by Crippen LogP contribution is 2.21. The predicted molar refractivity (Wildman–Crippen MR) is 88.6 cm³/mol. The Morgan fingerprint density at radius 2 is 1.88 bits per heavy atom. The van der Waals surface area contributed by atoms with Crippen molar-refractivity contribution in [1.82, 2.24) is 10.5 Å². The second kappa shape index (κ2) is 7.08. The van der Waals surface area contributed by atoms with E-state index in [9.17, 15) is 9.18 Å². The monoisotopic (exact) mass is 324 g/mol. The van der Waals surface area contributed by atoms with Crippen LogP contribution in [-0.4, -0.2) is 11.1 Å². The van der Waals surface area contributed by atoms with Gasteiger partial charge in [-0.25, -0.2) is 4.39 Å². The topological polar surface area (TPSA) is 55.1 Å². The van der Waals surface area contributed by atoms with Gasteiger partial charge in [-0.15, -0.1) is 0 Å². The first-order valence-corrected chi connectivity index (χ1v) is 7.67. The average molecular weight is 324 g/mol. The lowest BCUT2D eigenvalue weighted by atomic mass is 10.1. The standard InChI is InChI=1S/C19H17FN2O2/c1-13(14-5-3-2-4-6-14)21-19(23)12-17-11-18(24-22-17)15-7-9-16(20)10-8-15/h2-11,13H,12H2,1H3,(H,21,23)/t13-/m1/s1. The quantitative estimate of drug-likeness (QED) is 0.774. The molecule has 5 heteroatoms. The van der Waals surface area contributed by atoms with Gasteiger partial charge >= 0.3 is 0 Å². The molecule has 1 N–H and O–H groups in total. The minimum atomic E-state index is -0.312. The molecular formula is C19H17FN2O2. The molecule has 0 bridgehead atoms. The maximum Gasteiger partial charge on any atom is 0.226 e. The number of hydrogen-bond acceptors (Lipinski definition) is 3. The summed E-state index contributed by atoms with van der Waals surface area (Å²) in [6.07, 6.45) is 0.127. The van der Waals surface area contributed by atoms with Crippen LogP contribution < -0.4 is 5.32 Å². The third-order valence-corrected chi connectivity index (χ3v) is 3.71. The van der Waals surface area contributed by atoms with E-state index in [0.717, 1.165) is 5.56 Å². The van der Waals surface area contributed by atoms with E-state index in [-0.39, 0.29) is 24.2 Å². The number of carbonyl (C=O) groups excluding carboxylic acids is 1. The van der Waals surface area contributed by atoms with Gasteiger partial charge in [-0.1, -0.05) is 35.5 Å². The second-order valence-corrected chi connectivity index (χ2v) is 5.57. The zero-order valence-electron chi connectivity index (χ0n) is 13.2. The molecule has 0 saturated carbocycles. The van der Waals surface area contributed by atoms with Crippen molar-refractivity contribution in [2.45, 2.75) is 19.4 Å². The highest BCUT2D eigenvalue weighted by atomic mass is 19.1. The Bertz CT molecular complexity index is 813. The SMILES string of the molecule is C[C@@H](NC(=O)Cc1cc(-c2ccc(F)cc2)on1)c1ccccc1. The highest BCUT2D eigenvalue weighted by Gasteiger charge is 2.13. The molecule has 0 radical (unpaired) electrons.